The molecule has 0 saturated carbocycles. The molecule has 0 bridgehead atoms. The Morgan fingerprint density at radius 2 is 2.13 bits per heavy atom. The minimum atomic E-state index is -0.168. The van der Waals surface area contributed by atoms with Gasteiger partial charge in [0.25, 0.3) is 0 Å². The van der Waals surface area contributed by atoms with Crippen molar-refractivity contribution in [1.82, 2.24) is 5.32 Å². The molecule has 0 aliphatic carbocycles. The summed E-state index contributed by atoms with van der Waals surface area (Å²) >= 11 is 0. The zero-order chi connectivity index (χ0) is 11.1. The van der Waals surface area contributed by atoms with Crippen LogP contribution in [0.3, 0.4) is 0 Å². The van der Waals surface area contributed by atoms with Crippen LogP contribution in [0.15, 0.2) is 18.2 Å². The Labute approximate surface area is 90.4 Å². The van der Waals surface area contributed by atoms with Crippen LogP contribution in [0, 0.1) is 5.82 Å². The van der Waals surface area contributed by atoms with Gasteiger partial charge in [-0.2, -0.15) is 0 Å². The second-order valence-corrected chi connectivity index (χ2v) is 3.52. The summed E-state index contributed by atoms with van der Waals surface area (Å²) in [5.74, 6) is 0.408. The van der Waals surface area contributed by atoms with E-state index in [0.717, 1.165) is 31.4 Å². The van der Waals surface area contributed by atoms with Gasteiger partial charge in [0.2, 0.25) is 0 Å². The molecule has 0 heterocycles. The third-order valence-corrected chi connectivity index (χ3v) is 2.38. The van der Waals surface area contributed by atoms with Gasteiger partial charge in [-0.1, -0.05) is 6.07 Å². The first kappa shape index (κ1) is 12.0. The first-order valence-electron chi connectivity index (χ1n) is 5.25. The second-order valence-electron chi connectivity index (χ2n) is 3.52. The molecule has 0 unspecified atom stereocenters. The lowest BCUT2D eigenvalue weighted by Crippen LogP contribution is -2.07. The lowest BCUT2D eigenvalue weighted by Gasteiger charge is -2.05. The molecule has 1 N–H and O–H groups in total. The fourth-order valence-electron chi connectivity index (χ4n) is 1.47. The first-order chi connectivity index (χ1) is 7.27. The molecule has 0 radical (unpaired) electrons. The SMILES string of the molecule is CNCCCCc1ccc(OC)cc1F. The molecular formula is C12H18FNO. The lowest BCUT2D eigenvalue weighted by atomic mass is 10.1. The topological polar surface area (TPSA) is 21.3 Å². The third kappa shape index (κ3) is 3.88. The van der Waals surface area contributed by atoms with Crippen LogP contribution in [-0.4, -0.2) is 20.7 Å². The molecule has 1 rings (SSSR count). The highest BCUT2D eigenvalue weighted by Gasteiger charge is 2.03. The molecule has 0 spiro atoms. The quantitative estimate of drug-likeness (QED) is 0.729. The smallest absolute Gasteiger partial charge is 0.130 e. The van der Waals surface area contributed by atoms with Gasteiger partial charge in [-0.25, -0.2) is 4.39 Å². The van der Waals surface area contributed by atoms with E-state index >= 15 is 0 Å². The number of halogens is 1. The summed E-state index contributed by atoms with van der Waals surface area (Å²) in [5.41, 5.74) is 0.770. The van der Waals surface area contributed by atoms with Crippen LogP contribution in [0.5, 0.6) is 5.75 Å². The van der Waals surface area contributed by atoms with Crippen LogP contribution in [0.2, 0.25) is 0 Å². The predicted octanol–water partition coefficient (Wildman–Crippen LogP) is 2.38. The fraction of sp³-hybridized carbons (Fsp3) is 0.500. The van der Waals surface area contributed by atoms with Gasteiger partial charge in [0.15, 0.2) is 0 Å². The van der Waals surface area contributed by atoms with Crippen molar-refractivity contribution in [1.29, 1.82) is 0 Å². The Balaban J connectivity index is 2.47. The van der Waals surface area contributed by atoms with Crippen molar-refractivity contribution in [3.63, 3.8) is 0 Å². The number of rotatable bonds is 6. The summed E-state index contributed by atoms with van der Waals surface area (Å²) in [6, 6.07) is 5.04. The Bertz CT molecular complexity index is 302. The van der Waals surface area contributed by atoms with Crippen LogP contribution in [0.1, 0.15) is 18.4 Å². The molecule has 0 fully saturated rings. The van der Waals surface area contributed by atoms with E-state index < -0.39 is 0 Å². The Kier molecular flexibility index (Phi) is 5.12. The summed E-state index contributed by atoms with van der Waals surface area (Å²) in [5, 5.41) is 3.07. The maximum atomic E-state index is 13.5. The van der Waals surface area contributed by atoms with Crippen LogP contribution < -0.4 is 10.1 Å². The number of nitrogens with one attached hydrogen (secondary N) is 1. The highest BCUT2D eigenvalue weighted by Crippen LogP contribution is 2.17. The van der Waals surface area contributed by atoms with Crippen molar-refractivity contribution in [3.05, 3.63) is 29.6 Å². The molecule has 0 saturated heterocycles. The van der Waals surface area contributed by atoms with Gasteiger partial charge in [-0.3, -0.25) is 0 Å². The average molecular weight is 211 g/mol. The maximum absolute atomic E-state index is 13.5. The van der Waals surface area contributed by atoms with Gasteiger partial charge in [-0.15, -0.1) is 0 Å². The molecule has 0 amide bonds. The van der Waals surface area contributed by atoms with E-state index in [2.05, 4.69) is 5.32 Å². The molecule has 3 heteroatoms. The summed E-state index contributed by atoms with van der Waals surface area (Å²) in [4.78, 5) is 0. The van der Waals surface area contributed by atoms with Gasteiger partial charge in [0.05, 0.1) is 7.11 Å². The normalized spacial score (nSPS) is 10.3. The number of hydrogen-bond donors (Lipinski definition) is 1. The Hall–Kier alpha value is -1.09. The van der Waals surface area contributed by atoms with Gasteiger partial charge < -0.3 is 10.1 Å². The highest BCUT2D eigenvalue weighted by atomic mass is 19.1. The molecule has 15 heavy (non-hydrogen) atoms. The van der Waals surface area contributed by atoms with Crippen molar-refractivity contribution in [2.75, 3.05) is 20.7 Å². The molecule has 0 atom stereocenters. The Morgan fingerprint density at radius 1 is 1.33 bits per heavy atom. The standard InChI is InChI=1S/C12H18FNO/c1-14-8-4-3-5-10-6-7-11(15-2)9-12(10)13/h6-7,9,14H,3-5,8H2,1-2H3. The number of unbranched alkanes of at least 4 members (excludes halogenated alkanes) is 1. The van der Waals surface area contributed by atoms with E-state index in [9.17, 15) is 4.39 Å². The van der Waals surface area contributed by atoms with Crippen LogP contribution >= 0.6 is 0 Å². The van der Waals surface area contributed by atoms with E-state index in [1.165, 1.54) is 6.07 Å². The fourth-order valence-corrected chi connectivity index (χ4v) is 1.47. The molecule has 1 aromatic carbocycles. The largest absolute Gasteiger partial charge is 0.497 e. The summed E-state index contributed by atoms with van der Waals surface area (Å²) in [6.07, 6.45) is 2.86. The van der Waals surface area contributed by atoms with E-state index in [-0.39, 0.29) is 5.82 Å². The van der Waals surface area contributed by atoms with Gasteiger partial charge >= 0.3 is 0 Å². The lowest BCUT2D eigenvalue weighted by molar-refractivity contribution is 0.410. The molecular weight excluding hydrogens is 193 g/mol. The zero-order valence-corrected chi connectivity index (χ0v) is 9.35. The number of aryl methyl sites for hydroxylation is 1. The minimum absolute atomic E-state index is 0.168. The van der Waals surface area contributed by atoms with Crippen LogP contribution in [0.4, 0.5) is 4.39 Å². The Morgan fingerprint density at radius 3 is 2.73 bits per heavy atom. The molecule has 84 valence electrons. The first-order valence-corrected chi connectivity index (χ1v) is 5.25. The van der Waals surface area contributed by atoms with Crippen molar-refractivity contribution < 1.29 is 9.13 Å². The molecule has 0 aliphatic rings. The number of hydrogen-bond acceptors (Lipinski definition) is 2. The predicted molar refractivity (Wildman–Crippen MR) is 59.8 cm³/mol. The van der Waals surface area contributed by atoms with E-state index in [4.69, 9.17) is 4.74 Å². The van der Waals surface area contributed by atoms with Crippen molar-refractivity contribution in [3.8, 4) is 5.75 Å². The van der Waals surface area contributed by atoms with Gasteiger partial charge in [0.1, 0.15) is 11.6 Å². The van der Waals surface area contributed by atoms with Gasteiger partial charge in [-0.05, 0) is 44.5 Å². The van der Waals surface area contributed by atoms with Crippen LogP contribution in [-0.2, 0) is 6.42 Å². The molecule has 1 aromatic rings. The second kappa shape index (κ2) is 6.40. The van der Waals surface area contributed by atoms with E-state index in [0.29, 0.717) is 5.75 Å². The monoisotopic (exact) mass is 211 g/mol. The van der Waals surface area contributed by atoms with E-state index in [1.807, 2.05) is 7.05 Å². The summed E-state index contributed by atoms with van der Waals surface area (Å²) in [7, 11) is 3.47. The summed E-state index contributed by atoms with van der Waals surface area (Å²) in [6.45, 7) is 0.984. The molecule has 0 aliphatic heterocycles. The number of benzene rings is 1. The average Bonchev–Trinajstić information content (AvgIpc) is 2.26. The maximum Gasteiger partial charge on any atom is 0.130 e. The van der Waals surface area contributed by atoms with Crippen molar-refractivity contribution in [2.45, 2.75) is 19.3 Å². The third-order valence-electron chi connectivity index (χ3n) is 2.38. The van der Waals surface area contributed by atoms with E-state index in [1.54, 1.807) is 19.2 Å². The van der Waals surface area contributed by atoms with Gasteiger partial charge in [0, 0.05) is 6.07 Å². The van der Waals surface area contributed by atoms with Crippen molar-refractivity contribution >= 4 is 0 Å². The van der Waals surface area contributed by atoms with Crippen molar-refractivity contribution in [2.24, 2.45) is 0 Å². The zero-order valence-electron chi connectivity index (χ0n) is 9.35. The number of ether oxygens (including phenoxy) is 1. The molecule has 0 aromatic heterocycles. The van der Waals surface area contributed by atoms with Crippen LogP contribution in [0.25, 0.3) is 0 Å². The minimum Gasteiger partial charge on any atom is -0.497 e. The molecule has 2 nitrogen and oxygen atoms in total. The highest BCUT2D eigenvalue weighted by molar-refractivity contribution is 5.28. The number of methoxy groups -OCH3 is 1. The summed E-state index contributed by atoms with van der Waals surface area (Å²) < 4.78 is 18.4.